The average Bonchev–Trinajstić information content (AvgIpc) is 3.25. The monoisotopic (exact) mass is 878 g/mol. The van der Waals surface area contributed by atoms with E-state index in [1.807, 2.05) is 19.1 Å². The van der Waals surface area contributed by atoms with E-state index >= 15 is 0 Å². The highest BCUT2D eigenvalue weighted by atomic mass is 28.4. The minimum atomic E-state index is -3.09. The van der Waals surface area contributed by atoms with E-state index in [4.69, 9.17) is 32.5 Å². The van der Waals surface area contributed by atoms with Gasteiger partial charge in [0.1, 0.15) is 6.10 Å². The minimum absolute atomic E-state index is 0.159. The van der Waals surface area contributed by atoms with Crippen LogP contribution in [0.15, 0.2) is 121 Å². The molecule has 2 aliphatic heterocycles. The molecule has 7 rings (SSSR count). The molecule has 1 aliphatic carbocycles. The van der Waals surface area contributed by atoms with Gasteiger partial charge in [0.25, 0.3) is 16.6 Å². The average molecular weight is 879 g/mol. The summed E-state index contributed by atoms with van der Waals surface area (Å²) in [5.41, 5.74) is 0. The number of hydrogen-bond donors (Lipinski definition) is 0. The van der Waals surface area contributed by atoms with Crippen LogP contribution in [0.5, 0.6) is 0 Å². The highest BCUT2D eigenvalue weighted by Gasteiger charge is 2.57. The zero-order valence-electron chi connectivity index (χ0n) is 38.5. The second-order valence-corrected chi connectivity index (χ2v) is 28.2. The van der Waals surface area contributed by atoms with Gasteiger partial charge in [-0.25, -0.2) is 0 Å². The third kappa shape index (κ3) is 9.93. The third-order valence-electron chi connectivity index (χ3n) is 13.2. The molecule has 3 aliphatic rings. The Hall–Kier alpha value is -3.46. The van der Waals surface area contributed by atoms with Crippen LogP contribution in [-0.2, 0) is 37.3 Å². The largest absolute Gasteiger partial charge is 0.457 e. The first-order valence-electron chi connectivity index (χ1n) is 23.0. The fraction of sp³-hybridized carbons (Fsp3) is 0.519. The summed E-state index contributed by atoms with van der Waals surface area (Å²) >= 11 is 0. The van der Waals surface area contributed by atoms with E-state index in [1.165, 1.54) is 36.6 Å². The summed E-state index contributed by atoms with van der Waals surface area (Å²) in [6.07, 6.45) is 2.48. The normalized spacial score (nSPS) is 26.8. The Morgan fingerprint density at radius 2 is 0.887 bits per heavy atom. The first-order chi connectivity index (χ1) is 29.6. The van der Waals surface area contributed by atoms with Crippen molar-refractivity contribution in [3.8, 4) is 0 Å². The summed E-state index contributed by atoms with van der Waals surface area (Å²) in [7, 11) is -6.14. The maximum absolute atomic E-state index is 12.8. The van der Waals surface area contributed by atoms with Crippen molar-refractivity contribution in [1.82, 2.24) is 0 Å². The molecule has 4 aromatic carbocycles. The Balaban J connectivity index is 1.28. The van der Waals surface area contributed by atoms with Gasteiger partial charge >= 0.3 is 5.97 Å². The molecule has 0 N–H and O–H groups in total. The SMILES string of the molecule is CC(=O)O[C@@H]1[C@@H](C)O[C@H](O[C@@H]2[C@@H](C)O[C@H](OC3CCCCC3)C[C@H]2O[Si](c2ccccc2)(c2ccccc2)C(C)(C)C)C[C@H]1O[Si](c1ccccc1)(c1ccccc1)C(C)(C)C. The Bertz CT molecular complexity index is 1920. The minimum Gasteiger partial charge on any atom is -0.457 e. The first-order valence-corrected chi connectivity index (χ1v) is 26.8. The molecule has 4 aromatic rings. The number of ether oxygens (including phenoxy) is 5. The smallest absolute Gasteiger partial charge is 0.303 e. The molecule has 0 aromatic heterocycles. The van der Waals surface area contributed by atoms with E-state index in [0.29, 0.717) is 12.8 Å². The highest BCUT2D eigenvalue weighted by Crippen LogP contribution is 2.43. The summed E-state index contributed by atoms with van der Waals surface area (Å²) in [5.74, 6) is -0.377. The lowest BCUT2D eigenvalue weighted by Crippen LogP contribution is -2.70. The molecule has 0 spiro atoms. The molecule has 8 nitrogen and oxygen atoms in total. The second kappa shape index (κ2) is 19.7. The highest BCUT2D eigenvalue weighted by molar-refractivity contribution is 7.00. The van der Waals surface area contributed by atoms with Crippen LogP contribution in [0, 0.1) is 0 Å². The fourth-order valence-corrected chi connectivity index (χ4v) is 19.8. The van der Waals surface area contributed by atoms with Crippen LogP contribution in [0.1, 0.15) is 107 Å². The maximum Gasteiger partial charge on any atom is 0.303 e. The fourth-order valence-electron chi connectivity index (χ4n) is 10.4. The van der Waals surface area contributed by atoms with Crippen LogP contribution in [0.25, 0.3) is 0 Å². The van der Waals surface area contributed by atoms with Gasteiger partial charge in [-0.2, -0.15) is 0 Å². The molecule has 1 saturated carbocycles. The summed E-state index contributed by atoms with van der Waals surface area (Å²) in [4.78, 5) is 12.8. The molecular weight excluding hydrogens is 809 g/mol. The van der Waals surface area contributed by atoms with Gasteiger partial charge in [-0.15, -0.1) is 0 Å². The van der Waals surface area contributed by atoms with Crippen molar-refractivity contribution in [3.63, 3.8) is 0 Å². The van der Waals surface area contributed by atoms with Crippen LogP contribution in [0.4, 0.5) is 0 Å². The van der Waals surface area contributed by atoms with E-state index in [0.717, 1.165) is 23.2 Å². The second-order valence-electron chi connectivity index (χ2n) is 19.7. The lowest BCUT2D eigenvalue weighted by atomic mass is 9.97. The van der Waals surface area contributed by atoms with Gasteiger partial charge in [0.15, 0.2) is 18.7 Å². The summed E-state index contributed by atoms with van der Waals surface area (Å²) in [5, 5.41) is 4.13. The van der Waals surface area contributed by atoms with Crippen molar-refractivity contribution >= 4 is 43.4 Å². The predicted molar refractivity (Wildman–Crippen MR) is 251 cm³/mol. The zero-order valence-corrected chi connectivity index (χ0v) is 40.5. The lowest BCUT2D eigenvalue weighted by Gasteiger charge is -2.51. The molecule has 0 unspecified atom stereocenters. The third-order valence-corrected chi connectivity index (χ3v) is 23.4. The number of carbonyl (C=O) groups excluding carboxylic acids is 1. The van der Waals surface area contributed by atoms with E-state index in [9.17, 15) is 4.79 Å². The van der Waals surface area contributed by atoms with E-state index in [-0.39, 0.29) is 28.3 Å². The number of carbonyl (C=O) groups is 1. The predicted octanol–water partition coefficient (Wildman–Crippen LogP) is 8.81. The summed E-state index contributed by atoms with van der Waals surface area (Å²) in [6.45, 7) is 19.2. The van der Waals surface area contributed by atoms with Gasteiger partial charge in [-0.1, -0.05) is 182 Å². The Labute approximate surface area is 373 Å². The lowest BCUT2D eigenvalue weighted by molar-refractivity contribution is -0.314. The number of esters is 1. The molecule has 334 valence electrons. The molecule has 62 heavy (non-hydrogen) atoms. The van der Waals surface area contributed by atoms with E-state index in [2.05, 4.69) is 158 Å². The van der Waals surface area contributed by atoms with Crippen molar-refractivity contribution in [3.05, 3.63) is 121 Å². The van der Waals surface area contributed by atoms with Gasteiger partial charge in [0.2, 0.25) is 0 Å². The molecule has 0 bridgehead atoms. The van der Waals surface area contributed by atoms with Gasteiger partial charge in [-0.3, -0.25) is 4.79 Å². The Morgan fingerprint density at radius 3 is 1.26 bits per heavy atom. The van der Waals surface area contributed by atoms with Crippen molar-refractivity contribution in [2.24, 2.45) is 0 Å². The van der Waals surface area contributed by atoms with Crippen LogP contribution in [-0.4, -0.2) is 77.9 Å². The standard InChI is InChI=1S/C52H70O8Si2/c1-37-49(56-39(3)53)45(59-61(51(4,5)6,41-27-17-11-18-28-41)42-29-19-12-20-30-42)36-48(55-37)58-50-38(2)54-47(57-40-25-15-10-16-26-40)35-46(50)60-62(52(7,8)9,43-31-21-13-22-32-43)44-33-23-14-24-34-44/h11-14,17-24,27-34,37-38,40,45-50H,10,15-16,25-26,35-36H2,1-9H3/t37-,38-,45-,46-,47-,48-,49-,50-/m1/s1. The molecule has 3 fully saturated rings. The number of benzene rings is 4. The summed E-state index contributed by atoms with van der Waals surface area (Å²) in [6, 6.07) is 42.7. The molecule has 2 heterocycles. The Morgan fingerprint density at radius 1 is 0.532 bits per heavy atom. The van der Waals surface area contributed by atoms with Gasteiger partial charge in [0.05, 0.1) is 30.5 Å². The van der Waals surface area contributed by atoms with Crippen molar-refractivity contribution in [2.45, 2.75) is 173 Å². The van der Waals surface area contributed by atoms with Crippen molar-refractivity contribution in [2.75, 3.05) is 0 Å². The number of rotatable bonds is 13. The van der Waals surface area contributed by atoms with Crippen LogP contribution >= 0.6 is 0 Å². The van der Waals surface area contributed by atoms with Crippen LogP contribution in [0.2, 0.25) is 10.1 Å². The molecule has 0 radical (unpaired) electrons. The van der Waals surface area contributed by atoms with E-state index < -0.39 is 59.7 Å². The number of hydrogen-bond acceptors (Lipinski definition) is 8. The van der Waals surface area contributed by atoms with Crippen molar-refractivity contribution < 1.29 is 37.3 Å². The zero-order chi connectivity index (χ0) is 44.1. The quantitative estimate of drug-likeness (QED) is 0.0975. The Kier molecular flexibility index (Phi) is 14.8. The summed E-state index contributed by atoms with van der Waals surface area (Å²) < 4.78 is 49.4. The van der Waals surface area contributed by atoms with Gasteiger partial charge in [-0.05, 0) is 57.5 Å². The van der Waals surface area contributed by atoms with Gasteiger partial charge in [0, 0.05) is 19.8 Å². The van der Waals surface area contributed by atoms with Crippen LogP contribution < -0.4 is 20.7 Å². The molecule has 2 saturated heterocycles. The maximum atomic E-state index is 12.8. The van der Waals surface area contributed by atoms with Crippen LogP contribution in [0.3, 0.4) is 0 Å². The van der Waals surface area contributed by atoms with Gasteiger partial charge < -0.3 is 32.5 Å². The van der Waals surface area contributed by atoms with E-state index in [1.54, 1.807) is 0 Å². The first kappa shape index (κ1) is 46.5. The topological polar surface area (TPSA) is 81.7 Å². The molecule has 10 heteroatoms. The van der Waals surface area contributed by atoms with Crippen molar-refractivity contribution in [1.29, 1.82) is 0 Å². The molecule has 0 amide bonds. The molecular formula is C52H70O8Si2. The molecule has 8 atom stereocenters.